The number of alkyl halides is 1. The van der Waals surface area contributed by atoms with Crippen LogP contribution in [0.5, 0.6) is 0 Å². The molecule has 0 amide bonds. The fraction of sp³-hybridized carbons (Fsp3) is 0.455. The van der Waals surface area contributed by atoms with Gasteiger partial charge in [0.25, 0.3) is 0 Å². The van der Waals surface area contributed by atoms with Crippen molar-refractivity contribution in [1.29, 1.82) is 0 Å². The molecule has 1 aromatic rings. The predicted molar refractivity (Wildman–Crippen MR) is 64.3 cm³/mol. The number of rotatable bonds is 4. The van der Waals surface area contributed by atoms with Crippen LogP contribution in [-0.4, -0.2) is 11.0 Å². The fourth-order valence-corrected chi connectivity index (χ4v) is 1.97. The first-order valence-electron chi connectivity index (χ1n) is 4.48. The van der Waals surface area contributed by atoms with E-state index in [1.54, 1.807) is 0 Å². The summed E-state index contributed by atoms with van der Waals surface area (Å²) >= 11 is 2.37. The molecule has 13 heavy (non-hydrogen) atoms. The van der Waals surface area contributed by atoms with Crippen molar-refractivity contribution in [2.24, 2.45) is 0 Å². The monoisotopic (exact) mass is 290 g/mol. The van der Waals surface area contributed by atoms with E-state index in [2.05, 4.69) is 53.8 Å². The largest absolute Gasteiger partial charge is 0.370 e. The van der Waals surface area contributed by atoms with Gasteiger partial charge in [-0.25, -0.2) is 0 Å². The summed E-state index contributed by atoms with van der Waals surface area (Å²) in [7, 11) is 0. The minimum atomic E-state index is -0.128. The Hall–Kier alpha value is -0.0900. The quantitative estimate of drug-likeness (QED) is 0.610. The molecule has 0 saturated carbocycles. The summed E-state index contributed by atoms with van der Waals surface area (Å²) in [4.78, 5) is 0. The Labute approximate surface area is 93.6 Å². The van der Waals surface area contributed by atoms with Crippen LogP contribution in [0.25, 0.3) is 0 Å². The van der Waals surface area contributed by atoms with E-state index < -0.39 is 0 Å². The lowest BCUT2D eigenvalue weighted by molar-refractivity contribution is -0.00753. The van der Waals surface area contributed by atoms with Crippen molar-refractivity contribution >= 4 is 22.6 Å². The molecule has 1 unspecified atom stereocenters. The third-order valence-electron chi connectivity index (χ3n) is 2.10. The van der Waals surface area contributed by atoms with Crippen LogP contribution in [0.15, 0.2) is 30.3 Å². The molecule has 2 heteroatoms. The van der Waals surface area contributed by atoms with Crippen LogP contribution in [0.3, 0.4) is 0 Å². The normalized spacial score (nSPS) is 15.3. The van der Waals surface area contributed by atoms with E-state index in [0.29, 0.717) is 0 Å². The second-order valence-electron chi connectivity index (χ2n) is 3.16. The molecule has 1 nitrogen and oxygen atoms in total. The molecule has 1 atom stereocenters. The first-order chi connectivity index (χ1) is 6.23. The fourth-order valence-electron chi connectivity index (χ4n) is 1.31. The van der Waals surface area contributed by atoms with Crippen molar-refractivity contribution in [2.45, 2.75) is 19.4 Å². The summed E-state index contributed by atoms with van der Waals surface area (Å²) in [6.07, 6.45) is 0. The number of halogens is 1. The number of ether oxygens (including phenoxy) is 1. The van der Waals surface area contributed by atoms with Gasteiger partial charge in [-0.05, 0) is 19.4 Å². The third-order valence-corrected chi connectivity index (χ3v) is 3.56. The molecule has 0 aliphatic rings. The average Bonchev–Trinajstić information content (AvgIpc) is 2.19. The Balaban J connectivity index is 2.89. The highest BCUT2D eigenvalue weighted by molar-refractivity contribution is 14.1. The first-order valence-corrected chi connectivity index (χ1v) is 6.01. The minimum absolute atomic E-state index is 0.128. The Bertz CT molecular complexity index is 248. The van der Waals surface area contributed by atoms with Crippen molar-refractivity contribution in [2.75, 3.05) is 11.0 Å². The smallest absolute Gasteiger partial charge is 0.0992 e. The number of hydrogen-bond donors (Lipinski definition) is 0. The predicted octanol–water partition coefficient (Wildman–Crippen LogP) is 3.37. The van der Waals surface area contributed by atoms with Gasteiger partial charge >= 0.3 is 0 Å². The molecule has 1 rings (SSSR count). The molecule has 0 N–H and O–H groups in total. The van der Waals surface area contributed by atoms with Gasteiger partial charge in [0.05, 0.1) is 5.60 Å². The van der Waals surface area contributed by atoms with Gasteiger partial charge in [-0.2, -0.15) is 0 Å². The zero-order valence-electron chi connectivity index (χ0n) is 8.09. The van der Waals surface area contributed by atoms with Crippen LogP contribution in [0, 0.1) is 0 Å². The van der Waals surface area contributed by atoms with Gasteiger partial charge in [-0.3, -0.25) is 0 Å². The lowest BCUT2D eigenvalue weighted by Crippen LogP contribution is -2.27. The van der Waals surface area contributed by atoms with Gasteiger partial charge in [0.15, 0.2) is 0 Å². The number of benzene rings is 1. The molecule has 0 saturated heterocycles. The third kappa shape index (κ3) is 2.68. The summed E-state index contributed by atoms with van der Waals surface area (Å²) < 4.78 is 6.73. The van der Waals surface area contributed by atoms with Crippen molar-refractivity contribution in [3.05, 3.63) is 35.9 Å². The zero-order valence-corrected chi connectivity index (χ0v) is 10.2. The maximum atomic E-state index is 5.76. The van der Waals surface area contributed by atoms with Gasteiger partial charge in [0.1, 0.15) is 0 Å². The molecule has 0 aliphatic heterocycles. The van der Waals surface area contributed by atoms with E-state index in [9.17, 15) is 0 Å². The van der Waals surface area contributed by atoms with Gasteiger partial charge in [-0.1, -0.05) is 52.9 Å². The summed E-state index contributed by atoms with van der Waals surface area (Å²) in [5, 5.41) is 0. The molecule has 1 aromatic carbocycles. The van der Waals surface area contributed by atoms with Crippen LogP contribution in [0.1, 0.15) is 19.4 Å². The van der Waals surface area contributed by atoms with Crippen molar-refractivity contribution < 1.29 is 4.74 Å². The van der Waals surface area contributed by atoms with Gasteiger partial charge in [0.2, 0.25) is 0 Å². The Morgan fingerprint density at radius 3 is 2.38 bits per heavy atom. The Morgan fingerprint density at radius 1 is 1.31 bits per heavy atom. The van der Waals surface area contributed by atoms with Crippen LogP contribution in [0.2, 0.25) is 0 Å². The van der Waals surface area contributed by atoms with Crippen LogP contribution >= 0.6 is 22.6 Å². The summed E-state index contributed by atoms with van der Waals surface area (Å²) in [5.74, 6) is 0. The summed E-state index contributed by atoms with van der Waals surface area (Å²) in [6.45, 7) is 4.93. The molecular weight excluding hydrogens is 275 g/mol. The molecule has 0 fully saturated rings. The minimum Gasteiger partial charge on any atom is -0.370 e. The lowest BCUT2D eigenvalue weighted by Gasteiger charge is -2.27. The second kappa shape index (κ2) is 4.96. The maximum Gasteiger partial charge on any atom is 0.0992 e. The molecule has 0 aliphatic carbocycles. The molecule has 0 radical (unpaired) electrons. The van der Waals surface area contributed by atoms with Gasteiger partial charge in [-0.15, -0.1) is 0 Å². The molecule has 0 spiro atoms. The van der Waals surface area contributed by atoms with Crippen LogP contribution in [0.4, 0.5) is 0 Å². The maximum absolute atomic E-state index is 5.76. The van der Waals surface area contributed by atoms with E-state index in [0.717, 1.165) is 11.0 Å². The Morgan fingerprint density at radius 2 is 1.92 bits per heavy atom. The van der Waals surface area contributed by atoms with Crippen molar-refractivity contribution in [3.63, 3.8) is 0 Å². The Kier molecular flexibility index (Phi) is 4.19. The van der Waals surface area contributed by atoms with Crippen molar-refractivity contribution in [1.82, 2.24) is 0 Å². The molecule has 0 heterocycles. The van der Waals surface area contributed by atoms with Crippen LogP contribution < -0.4 is 0 Å². The van der Waals surface area contributed by atoms with Crippen molar-refractivity contribution in [3.8, 4) is 0 Å². The van der Waals surface area contributed by atoms with Gasteiger partial charge in [0, 0.05) is 11.0 Å². The SMILES string of the molecule is CCOC(C)(CI)c1ccccc1. The highest BCUT2D eigenvalue weighted by Crippen LogP contribution is 2.27. The summed E-state index contributed by atoms with van der Waals surface area (Å²) in [6, 6.07) is 10.4. The topological polar surface area (TPSA) is 9.23 Å². The second-order valence-corrected chi connectivity index (χ2v) is 3.93. The van der Waals surface area contributed by atoms with E-state index in [1.165, 1.54) is 5.56 Å². The average molecular weight is 290 g/mol. The van der Waals surface area contributed by atoms with Crippen LogP contribution in [-0.2, 0) is 10.3 Å². The van der Waals surface area contributed by atoms with E-state index in [4.69, 9.17) is 4.74 Å². The van der Waals surface area contributed by atoms with E-state index in [1.807, 2.05) is 13.0 Å². The first kappa shape index (κ1) is 11.0. The van der Waals surface area contributed by atoms with E-state index >= 15 is 0 Å². The van der Waals surface area contributed by atoms with Gasteiger partial charge < -0.3 is 4.74 Å². The molecular formula is C11H15IO. The van der Waals surface area contributed by atoms with E-state index in [-0.39, 0.29) is 5.60 Å². The molecule has 0 bridgehead atoms. The molecule has 72 valence electrons. The standard InChI is InChI=1S/C11H15IO/c1-3-13-11(2,9-12)10-7-5-4-6-8-10/h4-8H,3,9H2,1-2H3. The highest BCUT2D eigenvalue weighted by atomic mass is 127. The zero-order chi connectivity index (χ0) is 9.73. The highest BCUT2D eigenvalue weighted by Gasteiger charge is 2.24. The summed E-state index contributed by atoms with van der Waals surface area (Å²) in [5.41, 5.74) is 1.13. The lowest BCUT2D eigenvalue weighted by atomic mass is 9.98. The number of hydrogen-bond acceptors (Lipinski definition) is 1. The molecule has 0 aromatic heterocycles.